The molecule has 1 rings (SSSR count). The lowest BCUT2D eigenvalue weighted by Crippen LogP contribution is -3.04. The number of alkyl halides is 12. The van der Waals surface area contributed by atoms with E-state index in [2.05, 4.69) is 65.9 Å². The molecule has 9 N–H and O–H groups in total. The molecule has 2 atom stereocenters. The molecule has 288 valence electrons. The highest BCUT2D eigenvalue weighted by Gasteiger charge is 2.30. The summed E-state index contributed by atoms with van der Waals surface area (Å²) >= 11 is 0. The predicted octanol–water partition coefficient (Wildman–Crippen LogP) is -5.48. The minimum Gasteiger partial charge on any atom is -0.542 e. The van der Waals surface area contributed by atoms with Crippen LogP contribution in [0.15, 0.2) is 30.3 Å². The van der Waals surface area contributed by atoms with Gasteiger partial charge in [-0.05, 0) is 19.4 Å². The maximum atomic E-state index is 10.5. The van der Waals surface area contributed by atoms with E-state index < -0.39 is 48.6 Å². The monoisotopic (exact) mass is 748 g/mol. The van der Waals surface area contributed by atoms with Crippen LogP contribution in [0.3, 0.4) is 0 Å². The highest BCUT2D eigenvalue weighted by Crippen LogP contribution is 2.13. The van der Waals surface area contributed by atoms with Gasteiger partial charge < -0.3 is 61.3 Å². The molecule has 49 heavy (non-hydrogen) atoms. The third kappa shape index (κ3) is 36.8. The van der Waals surface area contributed by atoms with Crippen molar-refractivity contribution in [2.24, 2.45) is 0 Å². The highest BCUT2D eigenvalue weighted by molar-refractivity contribution is 5.71. The van der Waals surface area contributed by atoms with Crippen LogP contribution in [0.1, 0.15) is 25.8 Å². The quantitative estimate of drug-likeness (QED) is 0.119. The van der Waals surface area contributed by atoms with Crippen LogP contribution in [0.2, 0.25) is 0 Å². The minimum atomic E-state index is -5.19. The van der Waals surface area contributed by atoms with Crippen molar-refractivity contribution < 1.29 is 114 Å². The number of carbonyl (C=O) groups is 4. The molecule has 0 aliphatic carbocycles. The van der Waals surface area contributed by atoms with E-state index in [9.17, 15) is 52.7 Å². The molecule has 24 heteroatoms. The molecule has 12 nitrogen and oxygen atoms in total. The van der Waals surface area contributed by atoms with Gasteiger partial charge in [0.2, 0.25) is 0 Å². The molecule has 0 saturated heterocycles. The van der Waals surface area contributed by atoms with Crippen LogP contribution in [0.25, 0.3) is 0 Å². The second-order valence-electron chi connectivity index (χ2n) is 9.20. The molecule has 0 aliphatic heterocycles. The maximum Gasteiger partial charge on any atom is 0.430 e. The number of likely N-dealkylation sites (N-methyl/N-ethyl adjacent to an activating group) is 1. The summed E-state index contributed by atoms with van der Waals surface area (Å²) in [4.78, 5) is 35.1. The van der Waals surface area contributed by atoms with Crippen molar-refractivity contribution in [3.63, 3.8) is 0 Å². The first-order valence-electron chi connectivity index (χ1n) is 13.5. The molecule has 1 aromatic carbocycles. The van der Waals surface area contributed by atoms with Crippen LogP contribution < -0.4 is 42.1 Å². The largest absolute Gasteiger partial charge is 0.542 e. The smallest absolute Gasteiger partial charge is 0.430 e. The molecule has 0 bridgehead atoms. The van der Waals surface area contributed by atoms with Crippen molar-refractivity contribution >= 4 is 23.9 Å². The van der Waals surface area contributed by atoms with Crippen LogP contribution in [-0.2, 0) is 25.6 Å². The van der Waals surface area contributed by atoms with Crippen molar-refractivity contribution in [2.75, 3.05) is 32.7 Å². The molecule has 0 amide bonds. The third-order valence-electron chi connectivity index (χ3n) is 4.87. The van der Waals surface area contributed by atoms with E-state index in [1.165, 1.54) is 44.6 Å². The summed E-state index contributed by atoms with van der Waals surface area (Å²) in [5, 5.41) is 42.6. The average Bonchev–Trinajstić information content (AvgIpc) is 2.94. The topological polar surface area (TPSA) is 238 Å². The molecule has 0 unspecified atom stereocenters. The second-order valence-corrected chi connectivity index (χ2v) is 9.20. The van der Waals surface area contributed by atoms with Gasteiger partial charge in [0.1, 0.15) is 49.1 Å². The number of quaternary nitrogens is 4. The van der Waals surface area contributed by atoms with E-state index in [-0.39, 0.29) is 0 Å². The van der Waals surface area contributed by atoms with Gasteiger partial charge in [-0.25, -0.2) is 0 Å². The van der Waals surface area contributed by atoms with E-state index in [1.807, 2.05) is 0 Å². The summed E-state index contributed by atoms with van der Waals surface area (Å²) in [5.74, 6) is -12.0. The number of nitrogens with two attached hydrogens (primary N) is 3. The van der Waals surface area contributed by atoms with Gasteiger partial charge in [0.05, 0.1) is 19.6 Å². The van der Waals surface area contributed by atoms with E-state index in [4.69, 9.17) is 39.6 Å². The molecule has 0 heterocycles. The van der Waals surface area contributed by atoms with Gasteiger partial charge in [-0.3, -0.25) is 0 Å². The zero-order valence-corrected chi connectivity index (χ0v) is 25.7. The van der Waals surface area contributed by atoms with E-state index in [0.717, 1.165) is 6.54 Å². The molecule has 0 saturated carbocycles. The highest BCUT2D eigenvalue weighted by atomic mass is 19.4. The van der Waals surface area contributed by atoms with E-state index in [1.54, 1.807) is 0 Å². The molecule has 0 aromatic heterocycles. The van der Waals surface area contributed by atoms with Gasteiger partial charge in [0.25, 0.3) is 0 Å². The fourth-order valence-electron chi connectivity index (χ4n) is 2.71. The first-order valence-corrected chi connectivity index (χ1v) is 13.5. The lowest BCUT2D eigenvalue weighted by molar-refractivity contribution is -0.784. The van der Waals surface area contributed by atoms with Crippen molar-refractivity contribution in [1.29, 1.82) is 0 Å². The molecule has 0 spiro atoms. The van der Waals surface area contributed by atoms with E-state index >= 15 is 0 Å². The molecule has 0 radical (unpaired) electrons. The fraction of sp³-hybridized carbons (Fsp3) is 0.600. The van der Waals surface area contributed by atoms with Gasteiger partial charge in [-0.15, -0.1) is 0 Å². The van der Waals surface area contributed by atoms with Crippen molar-refractivity contribution in [3.8, 4) is 0 Å². The zero-order valence-electron chi connectivity index (χ0n) is 25.7. The van der Waals surface area contributed by atoms with Crippen LogP contribution in [-0.4, -0.2) is 93.4 Å². The standard InChI is InChI=1S/C17H32N4.4C2HF3O2/c1-3-20-15(2)13-21-17(14-19-11-7-10-18)12-16-8-5-4-6-9-16;4*3-2(4,5)1(6)7/h4-6,8-9,15,17,19-21H,3,7,10-14,18H2,1-2H3;4*(H,6,7)/t15-,17-;;;;/m1..../s1. The van der Waals surface area contributed by atoms with Gasteiger partial charge in [0, 0.05) is 12.8 Å². The number of aliphatic carboxylic acids is 4. The summed E-state index contributed by atoms with van der Waals surface area (Å²) in [7, 11) is 0. The Morgan fingerprint density at radius 3 is 1.31 bits per heavy atom. The molecule has 0 fully saturated rings. The molecule has 1 aromatic rings. The number of hydrogen-bond acceptors (Lipinski definition) is 8. The van der Waals surface area contributed by atoms with Crippen molar-refractivity contribution in [1.82, 2.24) is 0 Å². The molecular weight excluding hydrogens is 712 g/mol. The number of carboxylic acid groups (broad SMARTS) is 4. The zero-order chi connectivity index (χ0) is 39.6. The number of benzene rings is 1. The minimum absolute atomic E-state index is 0.671. The fourth-order valence-corrected chi connectivity index (χ4v) is 2.71. The number of carbonyl (C=O) groups excluding carboxylic acids is 4. The van der Waals surface area contributed by atoms with Crippen LogP contribution in [0.4, 0.5) is 52.7 Å². The van der Waals surface area contributed by atoms with Gasteiger partial charge >= 0.3 is 24.7 Å². The maximum absolute atomic E-state index is 10.5. The Labute approximate surface area is 270 Å². The van der Waals surface area contributed by atoms with Gasteiger partial charge in [-0.1, -0.05) is 30.3 Å². The summed E-state index contributed by atoms with van der Waals surface area (Å²) < 4.78 is 126. The third-order valence-corrected chi connectivity index (χ3v) is 4.87. The normalized spacial score (nSPS) is 12.5. The Morgan fingerprint density at radius 1 is 0.673 bits per heavy atom. The Bertz CT molecular complexity index is 960. The number of halogens is 12. The Hall–Kier alpha value is -3.90. The van der Waals surface area contributed by atoms with Crippen molar-refractivity contribution in [2.45, 2.75) is 63.5 Å². The van der Waals surface area contributed by atoms with Crippen LogP contribution in [0, 0.1) is 0 Å². The predicted molar refractivity (Wildman–Crippen MR) is 131 cm³/mol. The second kappa shape index (κ2) is 26.0. The van der Waals surface area contributed by atoms with Gasteiger partial charge in [0.15, 0.2) is 0 Å². The van der Waals surface area contributed by atoms with Crippen LogP contribution >= 0.6 is 0 Å². The van der Waals surface area contributed by atoms with E-state index in [0.29, 0.717) is 12.1 Å². The van der Waals surface area contributed by atoms with Crippen molar-refractivity contribution in [3.05, 3.63) is 35.9 Å². The van der Waals surface area contributed by atoms with Crippen LogP contribution in [0.5, 0.6) is 0 Å². The SMILES string of the molecule is CC[NH2+][C@H](C)C[NH2+][C@@H](C[NH2+]CCC[NH3+])Cc1ccccc1.O=C([O-])C(F)(F)F.O=C([O-])C(F)(F)F.O=C([O-])C(F)(F)F.O=C([O-])C(F)(F)F. The summed E-state index contributed by atoms with van der Waals surface area (Å²) in [6, 6.07) is 12.3. The number of hydrogen-bond donors (Lipinski definition) is 4. The Balaban J connectivity index is -0.000000297. The number of carboxylic acids is 4. The lowest BCUT2D eigenvalue weighted by Gasteiger charge is -2.16. The average molecular weight is 749 g/mol. The first-order chi connectivity index (χ1) is 22.0. The lowest BCUT2D eigenvalue weighted by atomic mass is 10.1. The first kappa shape index (κ1) is 51.9. The molecule has 0 aliphatic rings. The number of rotatable bonds is 12. The summed E-state index contributed by atoms with van der Waals surface area (Å²) in [5.41, 5.74) is 5.37. The Morgan fingerprint density at radius 2 is 1.02 bits per heavy atom. The molecular formula is C25H36F12N4O8. The summed E-state index contributed by atoms with van der Waals surface area (Å²) in [6.45, 7) is 10.4. The summed E-state index contributed by atoms with van der Waals surface area (Å²) in [6.07, 6.45) is -18.4. The Kier molecular flexibility index (Phi) is 27.6. The van der Waals surface area contributed by atoms with Gasteiger partial charge in [-0.2, -0.15) is 52.7 Å².